The van der Waals surface area contributed by atoms with Crippen molar-refractivity contribution in [2.24, 2.45) is 0 Å². The zero-order chi connectivity index (χ0) is 18.2. The Morgan fingerprint density at radius 1 is 1.12 bits per heavy atom. The third-order valence-electron chi connectivity index (χ3n) is 3.46. The molecule has 2 aromatic rings. The van der Waals surface area contributed by atoms with Gasteiger partial charge in [0, 0.05) is 17.1 Å². The van der Waals surface area contributed by atoms with Gasteiger partial charge in [0.05, 0.1) is 12.7 Å². The Bertz CT molecular complexity index is 699. The van der Waals surface area contributed by atoms with E-state index in [2.05, 4.69) is 5.32 Å². The number of rotatable bonds is 8. The van der Waals surface area contributed by atoms with Crippen LogP contribution in [0, 0.1) is 6.92 Å². The molecule has 0 spiro atoms. The Labute approximate surface area is 154 Å². The number of aryl methyl sites for hydroxylation is 1. The summed E-state index contributed by atoms with van der Waals surface area (Å²) in [4.78, 5) is 12.0. The molecule has 0 aliphatic carbocycles. The summed E-state index contributed by atoms with van der Waals surface area (Å²) in [5.41, 5.74) is 1.73. The lowest BCUT2D eigenvalue weighted by Crippen LogP contribution is -2.13. The van der Waals surface area contributed by atoms with Gasteiger partial charge in [0.2, 0.25) is 5.91 Å². The normalized spacial score (nSPS) is 10.6. The maximum atomic E-state index is 12.0. The lowest BCUT2D eigenvalue weighted by molar-refractivity contribution is -0.116. The lowest BCUT2D eigenvalue weighted by Gasteiger charge is -2.11. The molecule has 0 aromatic heterocycles. The first-order chi connectivity index (χ1) is 11.9. The third kappa shape index (κ3) is 6.67. The van der Waals surface area contributed by atoms with Gasteiger partial charge in [-0.3, -0.25) is 4.79 Å². The number of carbonyl (C=O) groups excluding carboxylic acids is 1. The molecular formula is C20H24ClNO3. The van der Waals surface area contributed by atoms with E-state index in [1.807, 2.05) is 63.2 Å². The molecule has 0 radical (unpaired) electrons. The van der Waals surface area contributed by atoms with Gasteiger partial charge < -0.3 is 14.8 Å². The average Bonchev–Trinajstić information content (AvgIpc) is 2.56. The van der Waals surface area contributed by atoms with Crippen LogP contribution in [0.3, 0.4) is 0 Å². The predicted molar refractivity (Wildman–Crippen MR) is 102 cm³/mol. The fourth-order valence-corrected chi connectivity index (χ4v) is 2.36. The zero-order valence-corrected chi connectivity index (χ0v) is 15.6. The summed E-state index contributed by atoms with van der Waals surface area (Å²) in [6.07, 6.45) is 1.17. The molecule has 0 bridgehead atoms. The van der Waals surface area contributed by atoms with Crippen LogP contribution in [-0.4, -0.2) is 18.6 Å². The highest BCUT2D eigenvalue weighted by molar-refractivity contribution is 6.31. The fraction of sp³-hybridized carbons (Fsp3) is 0.350. The van der Waals surface area contributed by atoms with E-state index in [0.717, 1.165) is 27.8 Å². The molecule has 4 nitrogen and oxygen atoms in total. The summed E-state index contributed by atoms with van der Waals surface area (Å²) >= 11 is 5.98. The monoisotopic (exact) mass is 361 g/mol. The molecule has 0 heterocycles. The van der Waals surface area contributed by atoms with Crippen LogP contribution in [-0.2, 0) is 4.79 Å². The van der Waals surface area contributed by atoms with Crippen LogP contribution in [0.15, 0.2) is 42.5 Å². The van der Waals surface area contributed by atoms with Crippen molar-refractivity contribution < 1.29 is 14.3 Å². The number of benzene rings is 2. The minimum Gasteiger partial charge on any atom is -0.494 e. The topological polar surface area (TPSA) is 47.6 Å². The maximum absolute atomic E-state index is 12.0. The number of hydrogen-bond acceptors (Lipinski definition) is 3. The van der Waals surface area contributed by atoms with Crippen LogP contribution in [0.25, 0.3) is 0 Å². The zero-order valence-electron chi connectivity index (χ0n) is 14.8. The molecule has 134 valence electrons. The van der Waals surface area contributed by atoms with E-state index >= 15 is 0 Å². The van der Waals surface area contributed by atoms with Gasteiger partial charge in [0.1, 0.15) is 11.5 Å². The Kier molecular flexibility index (Phi) is 7.14. The first kappa shape index (κ1) is 19.1. The highest BCUT2D eigenvalue weighted by atomic mass is 35.5. The molecule has 2 rings (SSSR count). The maximum Gasteiger partial charge on any atom is 0.224 e. The van der Waals surface area contributed by atoms with Gasteiger partial charge >= 0.3 is 0 Å². The Morgan fingerprint density at radius 2 is 1.80 bits per heavy atom. The van der Waals surface area contributed by atoms with Crippen molar-refractivity contribution in [3.63, 3.8) is 0 Å². The number of anilines is 1. The first-order valence-electron chi connectivity index (χ1n) is 8.39. The van der Waals surface area contributed by atoms with Crippen molar-refractivity contribution in [2.45, 2.75) is 39.7 Å². The van der Waals surface area contributed by atoms with E-state index in [1.165, 1.54) is 0 Å². The summed E-state index contributed by atoms with van der Waals surface area (Å²) in [5.74, 6) is 1.52. The van der Waals surface area contributed by atoms with Crippen LogP contribution >= 0.6 is 11.6 Å². The molecule has 0 atom stereocenters. The van der Waals surface area contributed by atoms with E-state index in [1.54, 1.807) is 0 Å². The molecule has 0 saturated carbocycles. The van der Waals surface area contributed by atoms with Gasteiger partial charge in [-0.2, -0.15) is 0 Å². The van der Waals surface area contributed by atoms with Gasteiger partial charge in [-0.15, -0.1) is 0 Å². The van der Waals surface area contributed by atoms with E-state index < -0.39 is 0 Å². The molecule has 0 saturated heterocycles. The third-order valence-corrected chi connectivity index (χ3v) is 3.88. The van der Waals surface area contributed by atoms with Gasteiger partial charge in [0.25, 0.3) is 0 Å². The largest absolute Gasteiger partial charge is 0.494 e. The fourth-order valence-electron chi connectivity index (χ4n) is 2.24. The molecule has 0 aliphatic rings. The standard InChI is InChI=1S/C20H24ClNO3/c1-14(2)25-17-8-6-16(7-9-17)22-20(23)5-4-12-24-18-10-11-19(21)15(3)13-18/h6-11,13-14H,4-5,12H2,1-3H3,(H,22,23). The number of hydrogen-bond donors (Lipinski definition) is 1. The second-order valence-corrected chi connectivity index (χ2v) is 6.51. The molecule has 2 aromatic carbocycles. The Morgan fingerprint density at radius 3 is 2.44 bits per heavy atom. The summed E-state index contributed by atoms with van der Waals surface area (Å²) in [6, 6.07) is 12.9. The van der Waals surface area contributed by atoms with Crippen LogP contribution in [0.2, 0.25) is 5.02 Å². The highest BCUT2D eigenvalue weighted by Crippen LogP contribution is 2.21. The SMILES string of the molecule is Cc1cc(OCCCC(=O)Nc2ccc(OC(C)C)cc2)ccc1Cl. The molecule has 1 amide bonds. The molecule has 0 fully saturated rings. The summed E-state index contributed by atoms with van der Waals surface area (Å²) in [6.45, 7) is 6.36. The Balaban J connectivity index is 1.70. The van der Waals surface area contributed by atoms with Crippen molar-refractivity contribution >= 4 is 23.2 Å². The van der Waals surface area contributed by atoms with E-state index in [0.29, 0.717) is 19.4 Å². The molecule has 5 heteroatoms. The molecule has 25 heavy (non-hydrogen) atoms. The minimum absolute atomic E-state index is 0.0339. The number of nitrogens with one attached hydrogen (secondary N) is 1. The van der Waals surface area contributed by atoms with Gasteiger partial charge in [-0.05, 0) is 75.2 Å². The quantitative estimate of drug-likeness (QED) is 0.654. The number of carbonyl (C=O) groups is 1. The van der Waals surface area contributed by atoms with Crippen molar-refractivity contribution in [3.8, 4) is 11.5 Å². The predicted octanol–water partition coefficient (Wildman–Crippen LogP) is 5.23. The number of amides is 1. The molecule has 0 aliphatic heterocycles. The van der Waals surface area contributed by atoms with E-state index in [4.69, 9.17) is 21.1 Å². The lowest BCUT2D eigenvalue weighted by atomic mass is 10.2. The van der Waals surface area contributed by atoms with E-state index in [9.17, 15) is 4.79 Å². The number of halogens is 1. The van der Waals surface area contributed by atoms with E-state index in [-0.39, 0.29) is 12.0 Å². The highest BCUT2D eigenvalue weighted by Gasteiger charge is 2.04. The first-order valence-corrected chi connectivity index (χ1v) is 8.77. The van der Waals surface area contributed by atoms with Crippen LogP contribution in [0.1, 0.15) is 32.3 Å². The minimum atomic E-state index is -0.0339. The summed E-state index contributed by atoms with van der Waals surface area (Å²) in [7, 11) is 0. The smallest absolute Gasteiger partial charge is 0.224 e. The second kappa shape index (κ2) is 9.33. The van der Waals surface area contributed by atoms with Crippen LogP contribution in [0.4, 0.5) is 5.69 Å². The molecule has 0 unspecified atom stereocenters. The van der Waals surface area contributed by atoms with Crippen LogP contribution in [0.5, 0.6) is 11.5 Å². The Hall–Kier alpha value is -2.20. The summed E-state index contributed by atoms with van der Waals surface area (Å²) < 4.78 is 11.2. The summed E-state index contributed by atoms with van der Waals surface area (Å²) in [5, 5.41) is 3.59. The van der Waals surface area contributed by atoms with Crippen LogP contribution < -0.4 is 14.8 Å². The molecule has 1 N–H and O–H groups in total. The van der Waals surface area contributed by atoms with Crippen molar-refractivity contribution in [1.29, 1.82) is 0 Å². The van der Waals surface area contributed by atoms with Gasteiger partial charge in [-0.1, -0.05) is 11.6 Å². The van der Waals surface area contributed by atoms with Crippen molar-refractivity contribution in [2.75, 3.05) is 11.9 Å². The number of ether oxygens (including phenoxy) is 2. The van der Waals surface area contributed by atoms with Crippen molar-refractivity contribution in [1.82, 2.24) is 0 Å². The van der Waals surface area contributed by atoms with Gasteiger partial charge in [-0.25, -0.2) is 0 Å². The molecular weight excluding hydrogens is 338 g/mol. The second-order valence-electron chi connectivity index (χ2n) is 6.10. The average molecular weight is 362 g/mol. The van der Waals surface area contributed by atoms with Gasteiger partial charge in [0.15, 0.2) is 0 Å². The van der Waals surface area contributed by atoms with Crippen molar-refractivity contribution in [3.05, 3.63) is 53.1 Å².